The Labute approximate surface area is 137 Å². The first-order valence-corrected chi connectivity index (χ1v) is 8.24. The fourth-order valence-corrected chi connectivity index (χ4v) is 3.44. The van der Waals surface area contributed by atoms with Gasteiger partial charge in [-0.1, -0.05) is 23.5 Å². The lowest BCUT2D eigenvalue weighted by Crippen LogP contribution is -2.21. The number of hydrogen-bond donors (Lipinski definition) is 1. The van der Waals surface area contributed by atoms with Crippen LogP contribution in [0.2, 0.25) is 0 Å². The van der Waals surface area contributed by atoms with E-state index in [9.17, 15) is 9.18 Å². The van der Waals surface area contributed by atoms with Crippen molar-refractivity contribution in [2.45, 2.75) is 26.3 Å². The molecule has 3 rings (SSSR count). The van der Waals surface area contributed by atoms with Crippen LogP contribution in [0.25, 0.3) is 0 Å². The molecule has 0 amide bonds. The summed E-state index contributed by atoms with van der Waals surface area (Å²) in [5, 5.41) is 3.89. The number of aromatic nitrogens is 1. The number of para-hydroxylation sites is 1. The zero-order valence-electron chi connectivity index (χ0n) is 12.9. The Morgan fingerprint density at radius 1 is 1.57 bits per heavy atom. The van der Waals surface area contributed by atoms with Crippen LogP contribution in [0.1, 0.15) is 40.3 Å². The highest BCUT2D eigenvalue weighted by molar-refractivity contribution is 7.17. The minimum absolute atomic E-state index is 0.102. The quantitative estimate of drug-likeness (QED) is 0.863. The maximum absolute atomic E-state index is 13.8. The summed E-state index contributed by atoms with van der Waals surface area (Å²) in [6.07, 6.45) is 0.698. The number of nitrogens with zero attached hydrogens (tertiary/aromatic N) is 1. The number of benzene rings is 1. The van der Waals surface area contributed by atoms with Gasteiger partial charge < -0.3 is 14.8 Å². The van der Waals surface area contributed by atoms with E-state index in [-0.39, 0.29) is 23.6 Å². The van der Waals surface area contributed by atoms with Crippen LogP contribution in [0.3, 0.4) is 0 Å². The molecule has 1 N–H and O–H groups in total. The van der Waals surface area contributed by atoms with Crippen molar-refractivity contribution in [1.82, 2.24) is 4.98 Å². The van der Waals surface area contributed by atoms with Gasteiger partial charge in [0.2, 0.25) is 0 Å². The second-order valence-electron chi connectivity index (χ2n) is 5.15. The van der Waals surface area contributed by atoms with Crippen molar-refractivity contribution in [2.24, 2.45) is 0 Å². The summed E-state index contributed by atoms with van der Waals surface area (Å²) in [5.74, 6) is -0.444. The van der Waals surface area contributed by atoms with Crippen molar-refractivity contribution >= 4 is 22.4 Å². The minimum Gasteiger partial charge on any atom is -0.490 e. The molecule has 1 aromatic carbocycles. The number of thiazole rings is 1. The summed E-state index contributed by atoms with van der Waals surface area (Å²) in [6.45, 7) is 4.29. The maximum atomic E-state index is 13.8. The summed E-state index contributed by atoms with van der Waals surface area (Å²) in [7, 11) is 0. The lowest BCUT2D eigenvalue weighted by Gasteiger charge is -2.26. The van der Waals surface area contributed by atoms with E-state index in [1.54, 1.807) is 19.9 Å². The molecule has 0 saturated carbocycles. The largest absolute Gasteiger partial charge is 0.490 e. The standard InChI is InChI=1S/C16H17FN2O3S/c1-3-21-15(20)14-9(2)18-16(23-14)19-12-7-8-22-13-10(12)5-4-6-11(13)17/h4-6,12H,3,7-8H2,1-2H3,(H,18,19)/t12-/m0/s1. The van der Waals surface area contributed by atoms with Crippen LogP contribution in [-0.4, -0.2) is 24.2 Å². The van der Waals surface area contributed by atoms with E-state index in [1.165, 1.54) is 17.4 Å². The van der Waals surface area contributed by atoms with Crippen LogP contribution < -0.4 is 10.1 Å². The Kier molecular flexibility index (Phi) is 4.47. The van der Waals surface area contributed by atoms with Crippen molar-refractivity contribution in [3.63, 3.8) is 0 Å². The predicted octanol–water partition coefficient (Wildman–Crippen LogP) is 3.70. The van der Waals surface area contributed by atoms with Gasteiger partial charge in [0.1, 0.15) is 4.88 Å². The number of ether oxygens (including phenoxy) is 2. The molecule has 7 heteroatoms. The van der Waals surface area contributed by atoms with Crippen LogP contribution in [0.5, 0.6) is 5.75 Å². The number of carbonyl (C=O) groups is 1. The van der Waals surface area contributed by atoms with E-state index in [4.69, 9.17) is 9.47 Å². The molecule has 122 valence electrons. The maximum Gasteiger partial charge on any atom is 0.350 e. The summed E-state index contributed by atoms with van der Waals surface area (Å²) in [4.78, 5) is 16.7. The average Bonchev–Trinajstić information content (AvgIpc) is 2.89. The van der Waals surface area contributed by atoms with Crippen molar-refractivity contribution in [3.05, 3.63) is 40.2 Å². The molecule has 0 fully saturated rings. The van der Waals surface area contributed by atoms with Gasteiger partial charge in [-0.05, 0) is 19.9 Å². The molecule has 0 saturated heterocycles. The second kappa shape index (κ2) is 6.54. The van der Waals surface area contributed by atoms with Crippen molar-refractivity contribution in [3.8, 4) is 5.75 Å². The molecule has 0 spiro atoms. The van der Waals surface area contributed by atoms with Crippen molar-refractivity contribution in [1.29, 1.82) is 0 Å². The molecule has 1 aromatic heterocycles. The molecule has 1 aliphatic heterocycles. The van der Waals surface area contributed by atoms with Crippen molar-refractivity contribution < 1.29 is 18.7 Å². The van der Waals surface area contributed by atoms with Crippen LogP contribution in [0.4, 0.5) is 9.52 Å². The zero-order chi connectivity index (χ0) is 16.4. The van der Waals surface area contributed by atoms with Gasteiger partial charge in [0.05, 0.1) is 24.9 Å². The van der Waals surface area contributed by atoms with E-state index in [2.05, 4.69) is 10.3 Å². The van der Waals surface area contributed by atoms with Gasteiger partial charge in [-0.2, -0.15) is 0 Å². The third kappa shape index (κ3) is 3.14. The predicted molar refractivity (Wildman–Crippen MR) is 85.7 cm³/mol. The van der Waals surface area contributed by atoms with E-state index in [0.717, 1.165) is 5.56 Å². The average molecular weight is 336 g/mol. The Bertz CT molecular complexity index is 732. The zero-order valence-corrected chi connectivity index (χ0v) is 13.7. The highest BCUT2D eigenvalue weighted by Gasteiger charge is 2.25. The minimum atomic E-state index is -0.367. The van der Waals surface area contributed by atoms with Crippen LogP contribution in [0.15, 0.2) is 18.2 Å². The van der Waals surface area contributed by atoms with Gasteiger partial charge in [-0.3, -0.25) is 0 Å². The third-order valence-corrected chi connectivity index (χ3v) is 4.65. The summed E-state index contributed by atoms with van der Waals surface area (Å²) in [6, 6.07) is 4.78. The summed E-state index contributed by atoms with van der Waals surface area (Å²) < 4.78 is 24.2. The van der Waals surface area contributed by atoms with E-state index < -0.39 is 0 Å². The molecular formula is C16H17FN2O3S. The Morgan fingerprint density at radius 3 is 3.17 bits per heavy atom. The molecule has 0 unspecified atom stereocenters. The number of nitrogens with one attached hydrogen (secondary N) is 1. The normalized spacial score (nSPS) is 16.4. The van der Waals surface area contributed by atoms with Crippen LogP contribution in [-0.2, 0) is 4.74 Å². The number of aryl methyl sites for hydroxylation is 1. The van der Waals surface area contributed by atoms with Crippen LogP contribution in [0, 0.1) is 12.7 Å². The van der Waals surface area contributed by atoms with E-state index >= 15 is 0 Å². The van der Waals surface area contributed by atoms with E-state index in [1.807, 2.05) is 6.07 Å². The first kappa shape index (κ1) is 15.7. The fraction of sp³-hybridized carbons (Fsp3) is 0.375. The molecule has 1 atom stereocenters. The molecule has 2 aromatic rings. The topological polar surface area (TPSA) is 60.5 Å². The molecule has 23 heavy (non-hydrogen) atoms. The number of rotatable bonds is 4. The number of carbonyl (C=O) groups excluding carboxylic acids is 1. The Hall–Kier alpha value is -2.15. The molecule has 0 bridgehead atoms. The number of esters is 1. The summed E-state index contributed by atoms with van der Waals surface area (Å²) in [5.41, 5.74) is 1.39. The number of halogens is 1. The molecule has 0 radical (unpaired) electrons. The monoisotopic (exact) mass is 336 g/mol. The van der Waals surface area contributed by atoms with E-state index in [0.29, 0.717) is 35.3 Å². The Balaban J connectivity index is 1.83. The molecule has 2 heterocycles. The molecule has 5 nitrogen and oxygen atoms in total. The van der Waals surface area contributed by atoms with Crippen LogP contribution >= 0.6 is 11.3 Å². The van der Waals surface area contributed by atoms with Gasteiger partial charge in [0.15, 0.2) is 16.7 Å². The highest BCUT2D eigenvalue weighted by atomic mass is 32.1. The second-order valence-corrected chi connectivity index (χ2v) is 6.15. The van der Waals surface area contributed by atoms with Gasteiger partial charge >= 0.3 is 5.97 Å². The molecule has 1 aliphatic rings. The third-order valence-electron chi connectivity index (χ3n) is 3.58. The van der Waals surface area contributed by atoms with Gasteiger partial charge in [0.25, 0.3) is 0 Å². The Morgan fingerprint density at radius 2 is 2.39 bits per heavy atom. The lowest BCUT2D eigenvalue weighted by atomic mass is 10.0. The first-order chi connectivity index (χ1) is 11.1. The lowest BCUT2D eigenvalue weighted by molar-refractivity contribution is 0.0531. The van der Waals surface area contributed by atoms with Gasteiger partial charge in [0, 0.05) is 12.0 Å². The number of anilines is 1. The number of fused-ring (bicyclic) bond motifs is 1. The van der Waals surface area contributed by atoms with Gasteiger partial charge in [-0.25, -0.2) is 14.2 Å². The first-order valence-electron chi connectivity index (χ1n) is 7.42. The summed E-state index contributed by atoms with van der Waals surface area (Å²) >= 11 is 1.25. The smallest absolute Gasteiger partial charge is 0.350 e. The SMILES string of the molecule is CCOC(=O)c1sc(N[C@H]2CCOc3c(F)cccc32)nc1C. The number of hydrogen-bond acceptors (Lipinski definition) is 6. The fourth-order valence-electron chi connectivity index (χ4n) is 2.53. The van der Waals surface area contributed by atoms with Gasteiger partial charge in [-0.15, -0.1) is 0 Å². The highest BCUT2D eigenvalue weighted by Crippen LogP contribution is 2.37. The molecule has 0 aliphatic carbocycles. The van der Waals surface area contributed by atoms with Crippen molar-refractivity contribution in [2.75, 3.05) is 18.5 Å². The molecular weight excluding hydrogens is 319 g/mol.